The zero-order chi connectivity index (χ0) is 16.2. The van der Waals surface area contributed by atoms with E-state index in [-0.39, 0.29) is 18.3 Å². The van der Waals surface area contributed by atoms with Crippen LogP contribution in [0.2, 0.25) is 5.02 Å². The molecule has 0 bridgehead atoms. The summed E-state index contributed by atoms with van der Waals surface area (Å²) in [5.41, 5.74) is 7.58. The first-order valence-electron chi connectivity index (χ1n) is 7.80. The molecule has 0 unspecified atom stereocenters. The second-order valence-electron chi connectivity index (χ2n) is 5.70. The number of fused-ring (bicyclic) bond motifs is 1. The highest BCUT2D eigenvalue weighted by Crippen LogP contribution is 2.25. The number of hydrogen-bond donors (Lipinski definition) is 3. The molecule has 0 spiro atoms. The van der Waals surface area contributed by atoms with Gasteiger partial charge in [0.15, 0.2) is 0 Å². The molecule has 1 amide bonds. The van der Waals surface area contributed by atoms with E-state index < -0.39 is 5.41 Å². The van der Waals surface area contributed by atoms with Crippen LogP contribution in [0.5, 0.6) is 0 Å². The molecule has 0 aliphatic heterocycles. The highest BCUT2D eigenvalue weighted by Gasteiger charge is 2.32. The number of rotatable bonds is 7. The number of carbonyl (C=O) groups excluding carboxylic acids is 1. The molecule has 2 aromatic rings. The minimum absolute atomic E-state index is 0. The van der Waals surface area contributed by atoms with E-state index in [2.05, 4.69) is 10.3 Å². The third-order valence-corrected chi connectivity index (χ3v) is 4.87. The van der Waals surface area contributed by atoms with Gasteiger partial charge in [-0.25, -0.2) is 0 Å². The molecule has 0 radical (unpaired) electrons. The van der Waals surface area contributed by atoms with Crippen LogP contribution in [0, 0.1) is 5.41 Å². The Kier molecular flexibility index (Phi) is 7.39. The maximum Gasteiger partial charge on any atom is 0.227 e. The number of amides is 1. The van der Waals surface area contributed by atoms with Gasteiger partial charge < -0.3 is 16.0 Å². The van der Waals surface area contributed by atoms with Crippen molar-refractivity contribution in [3.05, 3.63) is 35.0 Å². The lowest BCUT2D eigenvalue weighted by molar-refractivity contribution is -0.131. The Bertz CT molecular complexity index is 642. The van der Waals surface area contributed by atoms with Crippen molar-refractivity contribution in [2.45, 2.75) is 33.1 Å². The zero-order valence-electron chi connectivity index (χ0n) is 13.6. The number of H-pyrrole nitrogens is 1. The average Bonchev–Trinajstić information content (AvgIpc) is 2.92. The van der Waals surface area contributed by atoms with Gasteiger partial charge in [0, 0.05) is 35.2 Å². The fourth-order valence-electron chi connectivity index (χ4n) is 2.81. The Balaban J connectivity index is 0.00000264. The van der Waals surface area contributed by atoms with Crippen LogP contribution in [0.3, 0.4) is 0 Å². The number of hydrogen-bond acceptors (Lipinski definition) is 2. The lowest BCUT2D eigenvalue weighted by atomic mass is 9.81. The first-order chi connectivity index (χ1) is 10.6. The van der Waals surface area contributed by atoms with Gasteiger partial charge in [0.25, 0.3) is 0 Å². The maximum absolute atomic E-state index is 12.4. The molecule has 1 heterocycles. The van der Waals surface area contributed by atoms with Gasteiger partial charge in [-0.05, 0) is 43.0 Å². The molecule has 0 saturated carbocycles. The number of aromatic nitrogens is 1. The second kappa shape index (κ2) is 8.57. The fourth-order valence-corrected chi connectivity index (χ4v) is 2.98. The summed E-state index contributed by atoms with van der Waals surface area (Å²) >= 11 is 6.05. The number of nitrogens with two attached hydrogens (primary N) is 1. The van der Waals surface area contributed by atoms with E-state index in [1.54, 1.807) is 0 Å². The van der Waals surface area contributed by atoms with Crippen molar-refractivity contribution in [3.8, 4) is 0 Å². The van der Waals surface area contributed by atoms with Crippen molar-refractivity contribution in [1.29, 1.82) is 0 Å². The van der Waals surface area contributed by atoms with Gasteiger partial charge >= 0.3 is 0 Å². The number of carbonyl (C=O) groups is 1. The van der Waals surface area contributed by atoms with Crippen LogP contribution >= 0.6 is 24.0 Å². The van der Waals surface area contributed by atoms with E-state index in [0.29, 0.717) is 13.1 Å². The predicted octanol–water partition coefficient (Wildman–Crippen LogP) is 3.67. The molecule has 1 aromatic heterocycles. The molecule has 0 saturated heterocycles. The first kappa shape index (κ1) is 19.8. The maximum atomic E-state index is 12.4. The molecule has 23 heavy (non-hydrogen) atoms. The lowest BCUT2D eigenvalue weighted by Gasteiger charge is -2.28. The Morgan fingerprint density at radius 2 is 2.04 bits per heavy atom. The summed E-state index contributed by atoms with van der Waals surface area (Å²) < 4.78 is 0. The van der Waals surface area contributed by atoms with E-state index in [1.807, 2.05) is 38.2 Å². The van der Waals surface area contributed by atoms with Crippen LogP contribution in [0.4, 0.5) is 0 Å². The second-order valence-corrected chi connectivity index (χ2v) is 6.14. The molecular formula is C17H25Cl2N3O. The molecule has 0 fully saturated rings. The minimum Gasteiger partial charge on any atom is -0.361 e. The largest absolute Gasteiger partial charge is 0.361 e. The molecule has 4 nitrogen and oxygen atoms in total. The van der Waals surface area contributed by atoms with Crippen LogP contribution in [0.1, 0.15) is 32.3 Å². The third-order valence-electron chi connectivity index (χ3n) is 4.64. The Hall–Kier alpha value is -1.23. The van der Waals surface area contributed by atoms with Crippen molar-refractivity contribution in [2.24, 2.45) is 11.1 Å². The van der Waals surface area contributed by atoms with E-state index in [4.69, 9.17) is 17.3 Å². The first-order valence-corrected chi connectivity index (χ1v) is 8.18. The van der Waals surface area contributed by atoms with Crippen LogP contribution in [-0.2, 0) is 11.2 Å². The molecule has 2 rings (SSSR count). The number of aromatic amines is 1. The zero-order valence-corrected chi connectivity index (χ0v) is 15.2. The van der Waals surface area contributed by atoms with Gasteiger partial charge in [-0.15, -0.1) is 12.4 Å². The molecule has 0 aliphatic rings. The third kappa shape index (κ3) is 4.19. The Morgan fingerprint density at radius 3 is 2.65 bits per heavy atom. The smallest absolute Gasteiger partial charge is 0.227 e. The monoisotopic (exact) mass is 357 g/mol. The lowest BCUT2D eigenvalue weighted by Crippen LogP contribution is -2.45. The standard InChI is InChI=1S/C17H24ClN3O.ClH/c1-3-17(4-2,11-19)16(22)20-8-7-12-10-21-15-6-5-13(18)9-14(12)15;/h5-6,9-10,21H,3-4,7-8,11,19H2,1-2H3,(H,20,22);1H. The summed E-state index contributed by atoms with van der Waals surface area (Å²) in [7, 11) is 0. The Morgan fingerprint density at radius 1 is 1.35 bits per heavy atom. The van der Waals surface area contributed by atoms with Crippen molar-refractivity contribution in [2.75, 3.05) is 13.1 Å². The Labute approximate surface area is 148 Å². The van der Waals surface area contributed by atoms with Gasteiger partial charge in [0.1, 0.15) is 0 Å². The molecule has 0 atom stereocenters. The molecule has 1 aromatic carbocycles. The van der Waals surface area contributed by atoms with E-state index in [1.165, 1.54) is 0 Å². The van der Waals surface area contributed by atoms with Gasteiger partial charge in [-0.1, -0.05) is 25.4 Å². The molecular weight excluding hydrogens is 333 g/mol. The van der Waals surface area contributed by atoms with Gasteiger partial charge in [-0.3, -0.25) is 4.79 Å². The number of halogens is 2. The minimum atomic E-state index is -0.441. The summed E-state index contributed by atoms with van der Waals surface area (Å²) in [5.74, 6) is 0.0536. The van der Waals surface area contributed by atoms with E-state index in [9.17, 15) is 4.79 Å². The van der Waals surface area contributed by atoms with Crippen LogP contribution < -0.4 is 11.1 Å². The summed E-state index contributed by atoms with van der Waals surface area (Å²) in [6.07, 6.45) is 4.26. The quantitative estimate of drug-likeness (QED) is 0.707. The summed E-state index contributed by atoms with van der Waals surface area (Å²) in [5, 5.41) is 4.86. The summed E-state index contributed by atoms with van der Waals surface area (Å²) in [6, 6.07) is 5.78. The molecule has 4 N–H and O–H groups in total. The van der Waals surface area contributed by atoms with E-state index in [0.717, 1.165) is 40.8 Å². The number of benzene rings is 1. The molecule has 6 heteroatoms. The summed E-state index contributed by atoms with van der Waals surface area (Å²) in [6.45, 7) is 5.00. The van der Waals surface area contributed by atoms with Crippen molar-refractivity contribution in [1.82, 2.24) is 10.3 Å². The SMILES string of the molecule is CCC(CC)(CN)C(=O)NCCc1c[nH]c2ccc(Cl)cc12.Cl. The van der Waals surface area contributed by atoms with Crippen LogP contribution in [0.15, 0.2) is 24.4 Å². The number of nitrogens with one attached hydrogen (secondary N) is 2. The van der Waals surface area contributed by atoms with E-state index >= 15 is 0 Å². The molecule has 128 valence electrons. The molecule has 0 aliphatic carbocycles. The fraction of sp³-hybridized carbons (Fsp3) is 0.471. The highest BCUT2D eigenvalue weighted by atomic mass is 35.5. The topological polar surface area (TPSA) is 70.9 Å². The van der Waals surface area contributed by atoms with Gasteiger partial charge in [-0.2, -0.15) is 0 Å². The summed E-state index contributed by atoms with van der Waals surface area (Å²) in [4.78, 5) is 15.6. The van der Waals surface area contributed by atoms with Crippen molar-refractivity contribution >= 4 is 40.8 Å². The van der Waals surface area contributed by atoms with Crippen LogP contribution in [0.25, 0.3) is 10.9 Å². The van der Waals surface area contributed by atoms with Gasteiger partial charge in [0.05, 0.1) is 5.41 Å². The van der Waals surface area contributed by atoms with Crippen molar-refractivity contribution < 1.29 is 4.79 Å². The normalized spacial score (nSPS) is 11.3. The highest BCUT2D eigenvalue weighted by molar-refractivity contribution is 6.31. The predicted molar refractivity (Wildman–Crippen MR) is 99.3 cm³/mol. The van der Waals surface area contributed by atoms with Crippen LogP contribution in [-0.4, -0.2) is 24.0 Å². The van der Waals surface area contributed by atoms with Crippen molar-refractivity contribution in [3.63, 3.8) is 0 Å². The van der Waals surface area contributed by atoms with Gasteiger partial charge in [0.2, 0.25) is 5.91 Å². The average molecular weight is 358 g/mol.